The van der Waals surface area contributed by atoms with Gasteiger partial charge in [0.1, 0.15) is 11.2 Å². The van der Waals surface area contributed by atoms with Crippen molar-refractivity contribution in [3.63, 3.8) is 0 Å². The van der Waals surface area contributed by atoms with Crippen LogP contribution in [0.25, 0.3) is 0 Å². The SMILES string of the molecule is COCC1(C(=O)O)CCCN(C(=O)COc2ccc(Cl)c(C)c2)C1. The Bertz CT molecular complexity index is 617. The minimum Gasteiger partial charge on any atom is -0.484 e. The Balaban J connectivity index is 1.98. The van der Waals surface area contributed by atoms with E-state index in [1.54, 1.807) is 23.1 Å². The van der Waals surface area contributed by atoms with Gasteiger partial charge in [0.2, 0.25) is 0 Å². The van der Waals surface area contributed by atoms with Gasteiger partial charge in [-0.25, -0.2) is 0 Å². The van der Waals surface area contributed by atoms with E-state index in [0.29, 0.717) is 30.2 Å². The molecule has 0 spiro atoms. The molecule has 1 aliphatic heterocycles. The number of amides is 1. The summed E-state index contributed by atoms with van der Waals surface area (Å²) in [5.74, 6) is -0.608. The van der Waals surface area contributed by atoms with Crippen molar-refractivity contribution in [1.29, 1.82) is 0 Å². The Hall–Kier alpha value is -1.79. The fourth-order valence-corrected chi connectivity index (χ4v) is 3.04. The van der Waals surface area contributed by atoms with E-state index in [9.17, 15) is 14.7 Å². The number of aliphatic carboxylic acids is 1. The van der Waals surface area contributed by atoms with Gasteiger partial charge in [0, 0.05) is 25.2 Å². The average Bonchev–Trinajstić information content (AvgIpc) is 2.56. The molecular formula is C17H22ClNO5. The molecule has 1 N–H and O–H groups in total. The van der Waals surface area contributed by atoms with Crippen LogP contribution in [0.15, 0.2) is 18.2 Å². The van der Waals surface area contributed by atoms with Crippen LogP contribution in [0.5, 0.6) is 5.75 Å². The van der Waals surface area contributed by atoms with Crippen molar-refractivity contribution in [1.82, 2.24) is 4.90 Å². The molecule has 1 unspecified atom stereocenters. The predicted octanol–water partition coefficient (Wildman–Crippen LogP) is 2.37. The molecule has 0 bridgehead atoms. The number of ether oxygens (including phenoxy) is 2. The number of carbonyl (C=O) groups is 2. The largest absolute Gasteiger partial charge is 0.484 e. The number of piperidine rings is 1. The molecule has 1 atom stereocenters. The first-order valence-electron chi connectivity index (χ1n) is 7.77. The number of aryl methyl sites for hydroxylation is 1. The lowest BCUT2D eigenvalue weighted by Gasteiger charge is -2.39. The lowest BCUT2D eigenvalue weighted by molar-refractivity contribution is -0.159. The monoisotopic (exact) mass is 355 g/mol. The number of hydrogen-bond acceptors (Lipinski definition) is 4. The van der Waals surface area contributed by atoms with Gasteiger partial charge in [0.25, 0.3) is 5.91 Å². The summed E-state index contributed by atoms with van der Waals surface area (Å²) in [4.78, 5) is 25.5. The number of likely N-dealkylation sites (tertiary alicyclic amines) is 1. The van der Waals surface area contributed by atoms with Crippen LogP contribution in [0.4, 0.5) is 0 Å². The molecule has 1 fully saturated rings. The van der Waals surface area contributed by atoms with Gasteiger partial charge in [-0.15, -0.1) is 0 Å². The van der Waals surface area contributed by atoms with Gasteiger partial charge in [0.15, 0.2) is 6.61 Å². The zero-order chi connectivity index (χ0) is 17.7. The number of carboxylic acids is 1. The molecule has 1 aromatic rings. The molecule has 1 aromatic carbocycles. The fourth-order valence-electron chi connectivity index (χ4n) is 2.92. The van der Waals surface area contributed by atoms with E-state index < -0.39 is 11.4 Å². The van der Waals surface area contributed by atoms with Gasteiger partial charge in [0.05, 0.1) is 6.61 Å². The summed E-state index contributed by atoms with van der Waals surface area (Å²) in [6.07, 6.45) is 1.12. The molecule has 0 radical (unpaired) electrons. The highest BCUT2D eigenvalue weighted by Crippen LogP contribution is 2.31. The summed E-state index contributed by atoms with van der Waals surface area (Å²) in [5, 5.41) is 10.2. The van der Waals surface area contributed by atoms with Gasteiger partial charge >= 0.3 is 5.97 Å². The number of carbonyl (C=O) groups excluding carboxylic acids is 1. The van der Waals surface area contributed by atoms with Crippen molar-refractivity contribution in [2.75, 3.05) is 33.4 Å². The number of nitrogens with zero attached hydrogens (tertiary/aromatic N) is 1. The molecule has 0 aromatic heterocycles. The van der Waals surface area contributed by atoms with E-state index in [-0.39, 0.29) is 25.7 Å². The molecule has 1 amide bonds. The number of hydrogen-bond donors (Lipinski definition) is 1. The standard InChI is InChI=1S/C17H22ClNO5/c1-12-8-13(4-5-14(12)18)24-9-15(20)19-7-3-6-17(10-19,11-23-2)16(21)22/h4-5,8H,3,6-7,9-11H2,1-2H3,(H,21,22). The van der Waals surface area contributed by atoms with E-state index in [4.69, 9.17) is 21.1 Å². The zero-order valence-electron chi connectivity index (χ0n) is 13.9. The van der Waals surface area contributed by atoms with Gasteiger partial charge in [-0.3, -0.25) is 9.59 Å². The highest BCUT2D eigenvalue weighted by Gasteiger charge is 2.43. The van der Waals surface area contributed by atoms with Crippen molar-refractivity contribution in [2.45, 2.75) is 19.8 Å². The van der Waals surface area contributed by atoms with Gasteiger partial charge < -0.3 is 19.5 Å². The summed E-state index contributed by atoms with van der Waals surface area (Å²) < 4.78 is 10.6. The maximum Gasteiger partial charge on any atom is 0.313 e. The van der Waals surface area contributed by atoms with Crippen LogP contribution in [-0.4, -0.2) is 55.3 Å². The second-order valence-electron chi connectivity index (χ2n) is 6.14. The number of rotatable bonds is 6. The van der Waals surface area contributed by atoms with Crippen LogP contribution in [-0.2, 0) is 14.3 Å². The Morgan fingerprint density at radius 3 is 2.79 bits per heavy atom. The Kier molecular flexibility index (Phi) is 6.07. The first kappa shape index (κ1) is 18.5. The number of methoxy groups -OCH3 is 1. The number of benzene rings is 1. The van der Waals surface area contributed by atoms with Crippen molar-refractivity contribution < 1.29 is 24.2 Å². The second kappa shape index (κ2) is 7.85. The average molecular weight is 356 g/mol. The minimum absolute atomic E-state index is 0.0867. The fraction of sp³-hybridized carbons (Fsp3) is 0.529. The maximum absolute atomic E-state index is 12.4. The van der Waals surface area contributed by atoms with Crippen LogP contribution >= 0.6 is 11.6 Å². The third-order valence-electron chi connectivity index (χ3n) is 4.30. The molecule has 7 heteroatoms. The number of halogens is 1. The third-order valence-corrected chi connectivity index (χ3v) is 4.72. The van der Waals surface area contributed by atoms with Crippen LogP contribution in [0.2, 0.25) is 5.02 Å². The first-order chi connectivity index (χ1) is 11.4. The van der Waals surface area contributed by atoms with Crippen molar-refractivity contribution in [3.05, 3.63) is 28.8 Å². The molecule has 132 valence electrons. The maximum atomic E-state index is 12.4. The Labute approximate surface area is 146 Å². The van der Waals surface area contributed by atoms with Gasteiger partial charge in [-0.1, -0.05) is 11.6 Å². The van der Waals surface area contributed by atoms with E-state index in [1.165, 1.54) is 7.11 Å². The van der Waals surface area contributed by atoms with Crippen LogP contribution in [0.3, 0.4) is 0 Å². The molecule has 0 saturated carbocycles. The van der Waals surface area contributed by atoms with E-state index >= 15 is 0 Å². The number of carboxylic acid groups (broad SMARTS) is 1. The Morgan fingerprint density at radius 1 is 1.42 bits per heavy atom. The highest BCUT2D eigenvalue weighted by atomic mass is 35.5. The first-order valence-corrected chi connectivity index (χ1v) is 8.15. The third kappa shape index (κ3) is 4.19. The topological polar surface area (TPSA) is 76.1 Å². The highest BCUT2D eigenvalue weighted by molar-refractivity contribution is 6.31. The normalized spacial score (nSPS) is 20.7. The van der Waals surface area contributed by atoms with E-state index in [0.717, 1.165) is 5.56 Å². The molecule has 24 heavy (non-hydrogen) atoms. The molecular weight excluding hydrogens is 334 g/mol. The molecule has 1 heterocycles. The molecule has 0 aliphatic carbocycles. The Morgan fingerprint density at radius 2 is 2.17 bits per heavy atom. The van der Waals surface area contributed by atoms with Gasteiger partial charge in [-0.2, -0.15) is 0 Å². The molecule has 6 nitrogen and oxygen atoms in total. The quantitative estimate of drug-likeness (QED) is 0.847. The second-order valence-corrected chi connectivity index (χ2v) is 6.54. The van der Waals surface area contributed by atoms with Crippen LogP contribution in [0, 0.1) is 12.3 Å². The summed E-state index contributed by atoms with van der Waals surface area (Å²) in [5.41, 5.74) is -0.177. The summed E-state index contributed by atoms with van der Waals surface area (Å²) >= 11 is 5.96. The zero-order valence-corrected chi connectivity index (χ0v) is 14.6. The van der Waals surface area contributed by atoms with E-state index in [1.807, 2.05) is 6.92 Å². The summed E-state index contributed by atoms with van der Waals surface area (Å²) in [6.45, 7) is 2.47. The summed E-state index contributed by atoms with van der Waals surface area (Å²) in [7, 11) is 1.47. The molecule has 1 aliphatic rings. The van der Waals surface area contributed by atoms with Crippen LogP contribution < -0.4 is 4.74 Å². The van der Waals surface area contributed by atoms with Crippen molar-refractivity contribution >= 4 is 23.5 Å². The lowest BCUT2D eigenvalue weighted by Crippen LogP contribution is -2.53. The predicted molar refractivity (Wildman–Crippen MR) is 89.4 cm³/mol. The minimum atomic E-state index is -1.04. The van der Waals surface area contributed by atoms with E-state index in [2.05, 4.69) is 0 Å². The molecule has 2 rings (SSSR count). The van der Waals surface area contributed by atoms with Crippen LogP contribution in [0.1, 0.15) is 18.4 Å². The lowest BCUT2D eigenvalue weighted by atomic mass is 9.80. The molecule has 1 saturated heterocycles. The van der Waals surface area contributed by atoms with Gasteiger partial charge in [-0.05, 0) is 43.5 Å². The van der Waals surface area contributed by atoms with Crippen molar-refractivity contribution in [3.8, 4) is 5.75 Å². The van der Waals surface area contributed by atoms with Crippen molar-refractivity contribution in [2.24, 2.45) is 5.41 Å². The smallest absolute Gasteiger partial charge is 0.313 e. The summed E-state index contributed by atoms with van der Waals surface area (Å²) in [6, 6.07) is 5.18.